The van der Waals surface area contributed by atoms with Crippen LogP contribution in [0, 0.1) is 63.2 Å². The second kappa shape index (κ2) is 11.8. The Kier molecular flexibility index (Phi) is 9.14. The van der Waals surface area contributed by atoms with E-state index >= 15 is 0 Å². The number of aldehydes is 1. The molecule has 1 saturated heterocycles. The van der Waals surface area contributed by atoms with Gasteiger partial charge in [-0.2, -0.15) is 0 Å². The first-order valence-corrected chi connectivity index (χ1v) is 9.64. The van der Waals surface area contributed by atoms with Crippen molar-refractivity contribution in [2.24, 2.45) is 0 Å². The number of benzene rings is 2. The fourth-order valence-electron chi connectivity index (χ4n) is 3.40. The van der Waals surface area contributed by atoms with Gasteiger partial charge in [0, 0.05) is 11.8 Å². The normalized spacial score (nSPS) is 26.6. The molecule has 150 valence electrons. The van der Waals surface area contributed by atoms with E-state index in [1.165, 1.54) is 0 Å². The van der Waals surface area contributed by atoms with Gasteiger partial charge in [-0.3, -0.25) is 0 Å². The molecule has 2 aromatic carbocycles. The molecule has 0 amide bonds. The summed E-state index contributed by atoms with van der Waals surface area (Å²) < 4.78 is 12.5. The molecule has 10 radical (unpaired) electrons. The molecule has 0 bridgehead atoms. The zero-order valence-electron chi connectivity index (χ0n) is 16.3. The van der Waals surface area contributed by atoms with Crippen LogP contribution in [0.25, 0.3) is 0 Å². The Hall–Kier alpha value is -1.45. The van der Waals surface area contributed by atoms with Gasteiger partial charge in [0.2, 0.25) is 0 Å². The van der Waals surface area contributed by atoms with Crippen molar-refractivity contribution in [3.8, 4) is 0 Å². The van der Waals surface area contributed by atoms with Crippen molar-refractivity contribution < 1.29 is 31.3 Å². The molecule has 3 fully saturated rings. The van der Waals surface area contributed by atoms with E-state index in [-0.39, 0.29) is 35.6 Å². The third-order valence-electron chi connectivity index (χ3n) is 4.86. The largest absolute Gasteiger partial charge is 2.00 e. The van der Waals surface area contributed by atoms with Crippen molar-refractivity contribution >= 4 is 6.29 Å². The summed E-state index contributed by atoms with van der Waals surface area (Å²) in [4.78, 5) is 9.87. The molecule has 2 aliphatic carbocycles. The predicted octanol–water partition coefficient (Wildman–Crippen LogP) is 4.84. The van der Waals surface area contributed by atoms with E-state index in [0.717, 1.165) is 29.2 Å². The minimum Gasteiger partial charge on any atom is -0.341 e. The number of ether oxygens (including phenoxy) is 2. The van der Waals surface area contributed by atoms with Crippen molar-refractivity contribution in [3.63, 3.8) is 0 Å². The minimum atomic E-state index is -0.314. The molecule has 4 heteroatoms. The standard InChI is InChI=1S/C20H17O2.C6H5O.Fe/c1-3-9-15(10-4-1)18-19(16-11-5-2-6-12-16)22-20(21-18)17-13-7-8-14-17;7-5-6-3-1-2-4-6;/h1-14,18-20H;1-5H;/q;;+2. The van der Waals surface area contributed by atoms with E-state index in [2.05, 4.69) is 24.3 Å². The van der Waals surface area contributed by atoms with Crippen LogP contribution in [0.3, 0.4) is 0 Å². The van der Waals surface area contributed by atoms with Gasteiger partial charge < -0.3 is 14.3 Å². The van der Waals surface area contributed by atoms with Gasteiger partial charge in [0.05, 0.1) is 0 Å². The van der Waals surface area contributed by atoms with Crippen molar-refractivity contribution in [1.29, 1.82) is 0 Å². The van der Waals surface area contributed by atoms with E-state index in [9.17, 15) is 4.79 Å². The van der Waals surface area contributed by atoms with Crippen molar-refractivity contribution in [2.75, 3.05) is 0 Å². The average molecular weight is 438 g/mol. The maximum absolute atomic E-state index is 9.87. The second-order valence-corrected chi connectivity index (χ2v) is 6.82. The van der Waals surface area contributed by atoms with E-state index in [1.807, 2.05) is 74.9 Å². The quantitative estimate of drug-likeness (QED) is 0.507. The molecule has 3 nitrogen and oxygen atoms in total. The van der Waals surface area contributed by atoms with Crippen LogP contribution in [-0.4, -0.2) is 12.6 Å². The molecule has 0 N–H and O–H groups in total. The molecule has 3 aliphatic rings. The SMILES string of the molecule is O=C[C]1[CH][CH][CH][CH]1.[CH]1[CH][CH][C](C2OC(c3ccccc3)C(c3ccccc3)O2)[CH]1.[Fe+2]. The number of hydrogen-bond donors (Lipinski definition) is 0. The van der Waals surface area contributed by atoms with Gasteiger partial charge in [-0.1, -0.05) is 60.7 Å². The number of carbonyl (C=O) groups is 1. The van der Waals surface area contributed by atoms with Crippen LogP contribution < -0.4 is 0 Å². The van der Waals surface area contributed by atoms with E-state index in [4.69, 9.17) is 9.47 Å². The van der Waals surface area contributed by atoms with Crippen LogP contribution in [0.5, 0.6) is 0 Å². The summed E-state index contributed by atoms with van der Waals surface area (Å²) >= 11 is 0. The zero-order valence-corrected chi connectivity index (χ0v) is 17.4. The molecular formula is C26H22FeO3+2. The fourth-order valence-corrected chi connectivity index (χ4v) is 3.40. The Bertz CT molecular complexity index is 692. The van der Waals surface area contributed by atoms with Gasteiger partial charge in [0.15, 0.2) is 6.29 Å². The summed E-state index contributed by atoms with van der Waals surface area (Å²) in [5.41, 5.74) is 2.29. The van der Waals surface area contributed by atoms with E-state index in [1.54, 1.807) is 12.8 Å². The molecule has 1 heterocycles. The Morgan fingerprint density at radius 1 is 0.633 bits per heavy atom. The van der Waals surface area contributed by atoms with Crippen LogP contribution in [-0.2, 0) is 31.3 Å². The smallest absolute Gasteiger partial charge is 0.341 e. The maximum atomic E-state index is 9.87. The topological polar surface area (TPSA) is 35.5 Å². The first kappa shape index (κ1) is 23.2. The van der Waals surface area contributed by atoms with Crippen molar-refractivity contribution in [3.05, 3.63) is 135 Å². The zero-order chi connectivity index (χ0) is 19.9. The van der Waals surface area contributed by atoms with Crippen LogP contribution in [0.2, 0.25) is 0 Å². The number of hydrogen-bond acceptors (Lipinski definition) is 3. The third-order valence-corrected chi connectivity index (χ3v) is 4.86. The fraction of sp³-hybridized carbons (Fsp3) is 0.115. The van der Waals surface area contributed by atoms with Gasteiger partial charge in [-0.25, -0.2) is 0 Å². The van der Waals surface area contributed by atoms with Gasteiger partial charge in [0.25, 0.3) is 0 Å². The first-order chi connectivity index (χ1) is 14.3. The van der Waals surface area contributed by atoms with Gasteiger partial charge in [-0.15, -0.1) is 0 Å². The molecule has 2 atom stereocenters. The molecule has 0 aromatic heterocycles. The first-order valence-electron chi connectivity index (χ1n) is 9.64. The van der Waals surface area contributed by atoms with Crippen molar-refractivity contribution in [2.45, 2.75) is 18.5 Å². The Morgan fingerprint density at radius 2 is 1.07 bits per heavy atom. The average Bonchev–Trinajstić information content (AvgIpc) is 3.57. The molecule has 5 rings (SSSR count). The second-order valence-electron chi connectivity index (χ2n) is 6.82. The molecule has 2 saturated carbocycles. The summed E-state index contributed by atoms with van der Waals surface area (Å²) in [6.07, 6.45) is 15.6. The monoisotopic (exact) mass is 438 g/mol. The van der Waals surface area contributed by atoms with Gasteiger partial charge in [0.1, 0.15) is 18.5 Å². The van der Waals surface area contributed by atoms with E-state index < -0.39 is 0 Å². The predicted molar refractivity (Wildman–Crippen MR) is 111 cm³/mol. The van der Waals surface area contributed by atoms with Crippen LogP contribution in [0.1, 0.15) is 23.3 Å². The number of carbonyl (C=O) groups excluding carboxylic acids is 1. The summed E-state index contributed by atoms with van der Waals surface area (Å²) in [6.45, 7) is 0. The van der Waals surface area contributed by atoms with E-state index in [0.29, 0.717) is 0 Å². The number of rotatable bonds is 4. The Balaban J connectivity index is 0.000000274. The summed E-state index contributed by atoms with van der Waals surface area (Å²) in [5.74, 6) is 1.82. The van der Waals surface area contributed by atoms with Gasteiger partial charge in [-0.05, 0) is 62.5 Å². The minimum absolute atomic E-state index is 0. The van der Waals surface area contributed by atoms with Crippen molar-refractivity contribution in [1.82, 2.24) is 0 Å². The maximum Gasteiger partial charge on any atom is 2.00 e. The molecule has 2 aromatic rings. The Labute approximate surface area is 191 Å². The third kappa shape index (κ3) is 5.82. The molecule has 30 heavy (non-hydrogen) atoms. The van der Waals surface area contributed by atoms with Gasteiger partial charge >= 0.3 is 17.1 Å². The molecule has 0 spiro atoms. The summed E-state index contributed by atoms with van der Waals surface area (Å²) in [7, 11) is 0. The Morgan fingerprint density at radius 3 is 1.47 bits per heavy atom. The van der Waals surface area contributed by atoms with Crippen LogP contribution in [0.15, 0.2) is 60.7 Å². The van der Waals surface area contributed by atoms with Crippen LogP contribution in [0.4, 0.5) is 0 Å². The molecule has 2 unspecified atom stereocenters. The molecular weight excluding hydrogens is 416 g/mol. The summed E-state index contributed by atoms with van der Waals surface area (Å²) in [6, 6.07) is 20.6. The van der Waals surface area contributed by atoms with Crippen LogP contribution >= 0.6 is 0 Å². The summed E-state index contributed by atoms with van der Waals surface area (Å²) in [5, 5.41) is 0. The molecule has 1 aliphatic heterocycles.